The first kappa shape index (κ1) is 17.6. The number of carboxylic acids is 1. The van der Waals surface area contributed by atoms with Crippen LogP contribution in [0, 0.1) is 17.8 Å². The van der Waals surface area contributed by atoms with Crippen LogP contribution >= 0.6 is 7.60 Å². The Balaban J connectivity index is 5.04. The molecule has 0 spiro atoms. The number of carbonyl (C=O) groups is 1. The molecule has 3 atom stereocenters. The fourth-order valence-corrected chi connectivity index (χ4v) is 3.08. The largest absolute Gasteiger partial charge is 0.481 e. The molecule has 0 rings (SSSR count). The highest BCUT2D eigenvalue weighted by atomic mass is 31.2. The Morgan fingerprint density at radius 2 is 1.50 bits per heavy atom. The summed E-state index contributed by atoms with van der Waals surface area (Å²) in [4.78, 5) is 29.3. The molecule has 3 unspecified atom stereocenters. The van der Waals surface area contributed by atoms with E-state index in [-0.39, 0.29) is 24.2 Å². The Kier molecular flexibility index (Phi) is 7.11. The van der Waals surface area contributed by atoms with Gasteiger partial charge in [-0.1, -0.05) is 40.5 Å². The Hall–Kier alpha value is -0.380. The molecule has 3 N–H and O–H groups in total. The molecule has 6 heteroatoms. The van der Waals surface area contributed by atoms with Crippen LogP contribution in [0.1, 0.15) is 47.0 Å². The van der Waals surface area contributed by atoms with Crippen molar-refractivity contribution in [2.24, 2.45) is 17.8 Å². The van der Waals surface area contributed by atoms with Crippen LogP contribution in [0.15, 0.2) is 0 Å². The van der Waals surface area contributed by atoms with Gasteiger partial charge in [0.05, 0.1) is 0 Å². The Morgan fingerprint density at radius 1 is 1.11 bits per heavy atom. The van der Waals surface area contributed by atoms with E-state index in [2.05, 4.69) is 0 Å². The lowest BCUT2D eigenvalue weighted by molar-refractivity contribution is -0.137. The molecule has 108 valence electrons. The summed E-state index contributed by atoms with van der Waals surface area (Å²) < 4.78 is 11.2. The number of hydrogen-bond acceptors (Lipinski definition) is 2. The van der Waals surface area contributed by atoms with Gasteiger partial charge in [0.15, 0.2) is 5.66 Å². The summed E-state index contributed by atoms with van der Waals surface area (Å²) in [6, 6.07) is 0. The van der Waals surface area contributed by atoms with Gasteiger partial charge in [-0.2, -0.15) is 0 Å². The van der Waals surface area contributed by atoms with Crippen molar-refractivity contribution in [1.29, 1.82) is 0 Å². The van der Waals surface area contributed by atoms with Gasteiger partial charge in [0, 0.05) is 0 Å². The molecule has 0 saturated carbocycles. The molecule has 0 radical (unpaired) electrons. The van der Waals surface area contributed by atoms with E-state index in [1.807, 2.05) is 27.7 Å². The molecule has 0 heterocycles. The van der Waals surface area contributed by atoms with Gasteiger partial charge in [0.1, 0.15) is 0 Å². The zero-order valence-corrected chi connectivity index (χ0v) is 12.4. The third-order valence-electron chi connectivity index (χ3n) is 3.94. The van der Waals surface area contributed by atoms with Crippen LogP contribution in [0.3, 0.4) is 0 Å². The maximum Gasteiger partial charge on any atom is 0.339 e. The van der Waals surface area contributed by atoms with Crippen LogP contribution in [0.2, 0.25) is 0 Å². The zero-order valence-electron chi connectivity index (χ0n) is 11.5. The van der Waals surface area contributed by atoms with Crippen LogP contribution in [-0.4, -0.2) is 26.5 Å². The van der Waals surface area contributed by atoms with E-state index in [1.54, 1.807) is 0 Å². The van der Waals surface area contributed by atoms with Crippen LogP contribution < -0.4 is 0 Å². The minimum atomic E-state index is -4.59. The third kappa shape index (κ3) is 5.09. The van der Waals surface area contributed by atoms with Crippen LogP contribution in [0.5, 0.6) is 0 Å². The van der Waals surface area contributed by atoms with Crippen molar-refractivity contribution >= 4 is 13.6 Å². The fraction of sp³-hybridized carbons (Fsp3) is 0.917. The standard InChI is InChI=1S/C12H25O5P/c1-5-8(3)10(9(4)6-2)7-11(12(13)14)18(15,16)17/h8-11H,5-7H2,1-4H3,(H,13,14)(H2,15,16,17). The lowest BCUT2D eigenvalue weighted by atomic mass is 9.78. The highest BCUT2D eigenvalue weighted by Gasteiger charge is 2.39. The fourth-order valence-electron chi connectivity index (χ4n) is 2.27. The predicted molar refractivity (Wildman–Crippen MR) is 70.5 cm³/mol. The minimum absolute atomic E-state index is 0.0220. The second-order valence-electron chi connectivity index (χ2n) is 5.11. The van der Waals surface area contributed by atoms with Crippen LogP contribution in [0.25, 0.3) is 0 Å². The van der Waals surface area contributed by atoms with Gasteiger partial charge < -0.3 is 14.9 Å². The van der Waals surface area contributed by atoms with Gasteiger partial charge in [-0.15, -0.1) is 0 Å². The molecule has 0 aromatic rings. The Labute approximate surface area is 109 Å². The van der Waals surface area contributed by atoms with Gasteiger partial charge >= 0.3 is 13.6 Å². The third-order valence-corrected chi connectivity index (χ3v) is 5.18. The molecule has 0 aliphatic heterocycles. The average Bonchev–Trinajstić information content (AvgIpc) is 2.26. The maximum absolute atomic E-state index is 11.2. The summed E-state index contributed by atoms with van der Waals surface area (Å²) in [6.45, 7) is 8.03. The second kappa shape index (κ2) is 7.27. The van der Waals surface area contributed by atoms with Crippen molar-refractivity contribution in [1.82, 2.24) is 0 Å². The minimum Gasteiger partial charge on any atom is -0.481 e. The van der Waals surface area contributed by atoms with Gasteiger partial charge in [0.2, 0.25) is 0 Å². The summed E-state index contributed by atoms with van der Waals surface area (Å²) in [6.07, 6.45) is 1.80. The molecule has 0 aliphatic rings. The SMILES string of the molecule is CCC(C)C(CC(C(=O)O)P(=O)(O)O)C(C)CC. The van der Waals surface area contributed by atoms with Crippen molar-refractivity contribution in [2.75, 3.05) is 0 Å². The van der Waals surface area contributed by atoms with Crippen LogP contribution in [-0.2, 0) is 9.36 Å². The Morgan fingerprint density at radius 3 is 1.72 bits per heavy atom. The van der Waals surface area contributed by atoms with E-state index in [0.717, 1.165) is 12.8 Å². The summed E-state index contributed by atoms with van der Waals surface area (Å²) in [5.74, 6) is -0.865. The number of rotatable bonds is 8. The quantitative estimate of drug-likeness (QED) is 0.594. The zero-order chi connectivity index (χ0) is 14.5. The van der Waals surface area contributed by atoms with E-state index in [9.17, 15) is 9.36 Å². The van der Waals surface area contributed by atoms with Crippen molar-refractivity contribution in [3.05, 3.63) is 0 Å². The smallest absolute Gasteiger partial charge is 0.339 e. The summed E-state index contributed by atoms with van der Waals surface area (Å²) in [5.41, 5.74) is -1.58. The Bertz CT molecular complexity index is 302. The summed E-state index contributed by atoms with van der Waals surface area (Å²) in [7, 11) is -4.59. The molecule has 0 fully saturated rings. The van der Waals surface area contributed by atoms with E-state index in [1.165, 1.54) is 0 Å². The molecule has 5 nitrogen and oxygen atoms in total. The van der Waals surface area contributed by atoms with Crippen LogP contribution in [0.4, 0.5) is 0 Å². The average molecular weight is 280 g/mol. The molecule has 0 aliphatic carbocycles. The highest BCUT2D eigenvalue weighted by Crippen LogP contribution is 2.46. The molecule has 0 bridgehead atoms. The van der Waals surface area contributed by atoms with E-state index in [4.69, 9.17) is 14.9 Å². The number of carboxylic acid groups (broad SMARTS) is 1. The molecule has 0 aromatic carbocycles. The first-order valence-electron chi connectivity index (χ1n) is 6.43. The normalized spacial score (nSPS) is 19.0. The van der Waals surface area contributed by atoms with Crippen molar-refractivity contribution < 1.29 is 24.3 Å². The molecule has 0 amide bonds. The van der Waals surface area contributed by atoms with E-state index < -0.39 is 19.2 Å². The molecule has 0 aromatic heterocycles. The van der Waals surface area contributed by atoms with E-state index in [0.29, 0.717) is 0 Å². The van der Waals surface area contributed by atoms with Gasteiger partial charge in [-0.05, 0) is 24.2 Å². The lowest BCUT2D eigenvalue weighted by Gasteiger charge is -2.30. The number of hydrogen-bond donors (Lipinski definition) is 3. The van der Waals surface area contributed by atoms with Gasteiger partial charge in [-0.3, -0.25) is 9.36 Å². The molecular weight excluding hydrogens is 255 g/mol. The van der Waals surface area contributed by atoms with Gasteiger partial charge in [-0.25, -0.2) is 0 Å². The number of aliphatic carboxylic acids is 1. The van der Waals surface area contributed by atoms with Crippen molar-refractivity contribution in [3.8, 4) is 0 Å². The molecular formula is C12H25O5P. The summed E-state index contributed by atoms with van der Waals surface area (Å²) in [5, 5.41) is 8.97. The lowest BCUT2D eigenvalue weighted by Crippen LogP contribution is -2.29. The molecule has 0 saturated heterocycles. The first-order valence-corrected chi connectivity index (χ1v) is 8.11. The maximum atomic E-state index is 11.2. The topological polar surface area (TPSA) is 94.8 Å². The summed E-state index contributed by atoms with van der Waals surface area (Å²) >= 11 is 0. The van der Waals surface area contributed by atoms with Gasteiger partial charge in [0.25, 0.3) is 0 Å². The van der Waals surface area contributed by atoms with Crippen molar-refractivity contribution in [2.45, 2.75) is 52.6 Å². The predicted octanol–water partition coefficient (Wildman–Crippen LogP) is 2.72. The molecule has 18 heavy (non-hydrogen) atoms. The monoisotopic (exact) mass is 280 g/mol. The second-order valence-corrected chi connectivity index (χ2v) is 6.92. The van der Waals surface area contributed by atoms with Crippen molar-refractivity contribution in [3.63, 3.8) is 0 Å². The highest BCUT2D eigenvalue weighted by molar-refractivity contribution is 7.53. The first-order chi connectivity index (χ1) is 8.15. The van der Waals surface area contributed by atoms with E-state index >= 15 is 0 Å².